The van der Waals surface area contributed by atoms with E-state index in [1.54, 1.807) is 13.2 Å². The van der Waals surface area contributed by atoms with E-state index in [9.17, 15) is 4.79 Å². The molecule has 0 bridgehead atoms. The monoisotopic (exact) mass is 401 g/mol. The summed E-state index contributed by atoms with van der Waals surface area (Å²) < 4.78 is 3.79. The first-order chi connectivity index (χ1) is 11.9. The van der Waals surface area contributed by atoms with Crippen LogP contribution in [0.4, 0.5) is 5.69 Å². The van der Waals surface area contributed by atoms with Crippen LogP contribution in [0.1, 0.15) is 22.5 Å². The molecule has 1 N–H and O–H groups in total. The number of hydrogen-bond donors (Lipinski definition) is 1. The summed E-state index contributed by atoms with van der Waals surface area (Å²) in [6.07, 6.45) is 1.64. The van der Waals surface area contributed by atoms with Gasteiger partial charge in [-0.2, -0.15) is 10.2 Å². The molecule has 0 saturated heterocycles. The Kier molecular flexibility index (Phi) is 5.03. The molecule has 0 amide bonds. The molecule has 0 saturated carbocycles. The summed E-state index contributed by atoms with van der Waals surface area (Å²) in [5, 5.41) is 11.8. The minimum absolute atomic E-state index is 0.164. The molecule has 2 aromatic heterocycles. The summed E-state index contributed by atoms with van der Waals surface area (Å²) in [6, 6.07) is 10.4. The van der Waals surface area contributed by atoms with Crippen LogP contribution in [-0.4, -0.2) is 19.6 Å². The molecule has 0 fully saturated rings. The maximum Gasteiger partial charge on any atom is 0.282 e. The molecule has 0 aliphatic carbocycles. The van der Waals surface area contributed by atoms with Gasteiger partial charge in [0.1, 0.15) is 4.47 Å². The van der Waals surface area contributed by atoms with E-state index in [-0.39, 0.29) is 5.56 Å². The van der Waals surface area contributed by atoms with Crippen molar-refractivity contribution in [3.8, 4) is 0 Å². The van der Waals surface area contributed by atoms with Crippen molar-refractivity contribution in [3.63, 3.8) is 0 Å². The van der Waals surface area contributed by atoms with Gasteiger partial charge >= 0.3 is 0 Å². The van der Waals surface area contributed by atoms with Crippen molar-refractivity contribution in [1.29, 1.82) is 0 Å². The summed E-state index contributed by atoms with van der Waals surface area (Å²) in [7, 11) is 1.62. The van der Waals surface area contributed by atoms with E-state index >= 15 is 0 Å². The molecule has 0 radical (unpaired) electrons. The number of benzene rings is 1. The molecule has 0 aliphatic heterocycles. The highest BCUT2D eigenvalue weighted by atomic mass is 79.9. The number of aryl methyl sites for hydroxylation is 3. The highest BCUT2D eigenvalue weighted by molar-refractivity contribution is 9.10. The quantitative estimate of drug-likeness (QED) is 0.713. The maximum absolute atomic E-state index is 11.9. The SMILES string of the molecule is Cc1cc(C)n(Cc2cccc(CNc3cnn(C)c(=O)c3Br)c2)n1. The minimum Gasteiger partial charge on any atom is -0.379 e. The molecule has 3 aromatic rings. The Balaban J connectivity index is 1.73. The summed E-state index contributed by atoms with van der Waals surface area (Å²) >= 11 is 3.33. The zero-order chi connectivity index (χ0) is 18.0. The number of hydrogen-bond acceptors (Lipinski definition) is 4. The fourth-order valence-electron chi connectivity index (χ4n) is 2.68. The Hall–Kier alpha value is -2.41. The summed E-state index contributed by atoms with van der Waals surface area (Å²) in [5.41, 5.74) is 5.02. The van der Waals surface area contributed by atoms with Crippen molar-refractivity contribution in [3.05, 3.63) is 73.9 Å². The fourth-order valence-corrected chi connectivity index (χ4v) is 3.18. The molecular weight excluding hydrogens is 382 g/mol. The highest BCUT2D eigenvalue weighted by Crippen LogP contribution is 2.17. The zero-order valence-corrected chi connectivity index (χ0v) is 16.0. The highest BCUT2D eigenvalue weighted by Gasteiger charge is 2.07. The van der Waals surface area contributed by atoms with Crippen LogP contribution in [0.5, 0.6) is 0 Å². The molecular formula is C18H20BrN5O. The van der Waals surface area contributed by atoms with Crippen molar-refractivity contribution in [2.45, 2.75) is 26.9 Å². The lowest BCUT2D eigenvalue weighted by Crippen LogP contribution is -2.21. The van der Waals surface area contributed by atoms with Crippen molar-refractivity contribution < 1.29 is 0 Å². The summed E-state index contributed by atoms with van der Waals surface area (Å²) in [6.45, 7) is 5.41. The van der Waals surface area contributed by atoms with Crippen LogP contribution in [0.2, 0.25) is 0 Å². The Morgan fingerprint density at radius 3 is 2.68 bits per heavy atom. The van der Waals surface area contributed by atoms with Gasteiger partial charge in [-0.3, -0.25) is 9.48 Å². The first kappa shape index (κ1) is 17.4. The van der Waals surface area contributed by atoms with Gasteiger partial charge in [0, 0.05) is 19.3 Å². The zero-order valence-electron chi connectivity index (χ0n) is 14.5. The Morgan fingerprint density at radius 2 is 1.96 bits per heavy atom. The first-order valence-corrected chi connectivity index (χ1v) is 8.78. The van der Waals surface area contributed by atoms with Gasteiger partial charge in [-0.25, -0.2) is 4.68 Å². The number of nitrogens with one attached hydrogen (secondary N) is 1. The molecule has 6 nitrogen and oxygen atoms in total. The van der Waals surface area contributed by atoms with Gasteiger partial charge in [0.2, 0.25) is 0 Å². The predicted molar refractivity (Wildman–Crippen MR) is 102 cm³/mol. The molecule has 0 aliphatic rings. The number of rotatable bonds is 5. The molecule has 25 heavy (non-hydrogen) atoms. The third-order valence-corrected chi connectivity index (χ3v) is 4.75. The van der Waals surface area contributed by atoms with E-state index in [1.807, 2.05) is 17.7 Å². The third kappa shape index (κ3) is 3.99. The molecule has 130 valence electrons. The fraction of sp³-hybridized carbons (Fsp3) is 0.278. The lowest BCUT2D eigenvalue weighted by molar-refractivity contribution is 0.658. The first-order valence-electron chi connectivity index (χ1n) is 7.98. The van der Waals surface area contributed by atoms with Crippen LogP contribution in [0.25, 0.3) is 0 Å². The molecule has 7 heteroatoms. The van der Waals surface area contributed by atoms with Crippen molar-refractivity contribution in [2.24, 2.45) is 7.05 Å². The number of halogens is 1. The Bertz CT molecular complexity index is 960. The average Bonchev–Trinajstić information content (AvgIpc) is 2.90. The van der Waals surface area contributed by atoms with Gasteiger partial charge in [0.25, 0.3) is 5.56 Å². The molecule has 0 spiro atoms. The van der Waals surface area contributed by atoms with Crippen molar-refractivity contribution in [2.75, 3.05) is 5.32 Å². The van der Waals surface area contributed by atoms with Crippen LogP contribution in [0.3, 0.4) is 0 Å². The van der Waals surface area contributed by atoms with E-state index < -0.39 is 0 Å². The molecule has 1 aromatic carbocycles. The van der Waals surface area contributed by atoms with Gasteiger partial charge in [-0.1, -0.05) is 24.3 Å². The van der Waals surface area contributed by atoms with Crippen LogP contribution >= 0.6 is 15.9 Å². The summed E-state index contributed by atoms with van der Waals surface area (Å²) in [4.78, 5) is 11.9. The second kappa shape index (κ2) is 7.23. The van der Waals surface area contributed by atoms with E-state index in [0.29, 0.717) is 16.7 Å². The number of anilines is 1. The Morgan fingerprint density at radius 1 is 1.20 bits per heavy atom. The standard InChI is InChI=1S/C18H20BrN5O/c1-12-7-13(2)24(22-12)11-15-6-4-5-14(8-15)9-20-16-10-21-23(3)18(25)17(16)19/h4-8,10,20H,9,11H2,1-3H3. The minimum atomic E-state index is -0.164. The van der Waals surface area contributed by atoms with Gasteiger partial charge in [-0.15, -0.1) is 0 Å². The number of aromatic nitrogens is 4. The normalized spacial score (nSPS) is 10.9. The lowest BCUT2D eigenvalue weighted by Gasteiger charge is -2.10. The van der Waals surface area contributed by atoms with Crippen LogP contribution in [0.15, 0.2) is 45.8 Å². The average molecular weight is 402 g/mol. The van der Waals surface area contributed by atoms with Crippen LogP contribution < -0.4 is 10.9 Å². The molecule has 0 unspecified atom stereocenters. The third-order valence-electron chi connectivity index (χ3n) is 3.99. The van der Waals surface area contributed by atoms with E-state index in [4.69, 9.17) is 0 Å². The predicted octanol–water partition coefficient (Wildman–Crippen LogP) is 3.02. The Labute approximate surface area is 154 Å². The molecule has 0 atom stereocenters. The van der Waals surface area contributed by atoms with Crippen LogP contribution in [0, 0.1) is 13.8 Å². The largest absolute Gasteiger partial charge is 0.379 e. The maximum atomic E-state index is 11.9. The van der Waals surface area contributed by atoms with Gasteiger partial charge in [0.15, 0.2) is 0 Å². The lowest BCUT2D eigenvalue weighted by atomic mass is 10.1. The van der Waals surface area contributed by atoms with Crippen molar-refractivity contribution in [1.82, 2.24) is 19.6 Å². The van der Waals surface area contributed by atoms with Crippen molar-refractivity contribution >= 4 is 21.6 Å². The van der Waals surface area contributed by atoms with E-state index in [1.165, 1.54) is 10.2 Å². The van der Waals surface area contributed by atoms with Gasteiger partial charge in [0.05, 0.1) is 24.1 Å². The summed E-state index contributed by atoms with van der Waals surface area (Å²) in [5.74, 6) is 0. The van der Waals surface area contributed by atoms with E-state index in [2.05, 4.69) is 62.6 Å². The molecule has 3 rings (SSSR count). The van der Waals surface area contributed by atoms with Gasteiger partial charge in [-0.05, 0) is 47.0 Å². The number of nitrogens with zero attached hydrogens (tertiary/aromatic N) is 4. The second-order valence-electron chi connectivity index (χ2n) is 6.06. The van der Waals surface area contributed by atoms with Gasteiger partial charge < -0.3 is 5.32 Å². The molecule has 2 heterocycles. The van der Waals surface area contributed by atoms with Crippen LogP contribution in [-0.2, 0) is 20.1 Å². The van der Waals surface area contributed by atoms with E-state index in [0.717, 1.165) is 23.5 Å². The smallest absolute Gasteiger partial charge is 0.282 e. The topological polar surface area (TPSA) is 64.7 Å². The second-order valence-corrected chi connectivity index (χ2v) is 6.85.